The van der Waals surface area contributed by atoms with Gasteiger partial charge in [-0.3, -0.25) is 14.4 Å². The van der Waals surface area contributed by atoms with Gasteiger partial charge >= 0.3 is 0 Å². The van der Waals surface area contributed by atoms with Crippen molar-refractivity contribution in [2.24, 2.45) is 7.05 Å². The lowest BCUT2D eigenvalue weighted by atomic mass is 9.97. The fourth-order valence-corrected chi connectivity index (χ4v) is 3.53. The molecule has 0 atom stereocenters. The number of Topliss-reactive ketones (excluding diaryl/α,β-unsaturated/α-hetero) is 1. The van der Waals surface area contributed by atoms with Crippen molar-refractivity contribution in [3.63, 3.8) is 0 Å². The smallest absolute Gasteiger partial charge is 0.293 e. The molecule has 2 aromatic rings. The number of aromatic nitrogens is 1. The van der Waals surface area contributed by atoms with Crippen molar-refractivity contribution in [1.29, 1.82) is 5.26 Å². The van der Waals surface area contributed by atoms with Crippen molar-refractivity contribution in [3.8, 4) is 18.4 Å². The summed E-state index contributed by atoms with van der Waals surface area (Å²) >= 11 is 0. The highest BCUT2D eigenvalue weighted by Crippen LogP contribution is 2.24. The first kappa shape index (κ1) is 21.8. The van der Waals surface area contributed by atoms with E-state index in [-0.39, 0.29) is 24.5 Å². The number of carbonyl (C=O) groups is 3. The fraction of sp³-hybridized carbons (Fsp3) is 0.304. The molecule has 0 spiro atoms. The van der Waals surface area contributed by atoms with Crippen molar-refractivity contribution in [2.75, 3.05) is 18.5 Å². The minimum absolute atomic E-state index is 0.143. The number of nitrogens with one attached hydrogen (secondary N) is 2. The predicted octanol–water partition coefficient (Wildman–Crippen LogP) is 1.78. The van der Waals surface area contributed by atoms with E-state index in [0.717, 1.165) is 5.56 Å². The molecule has 31 heavy (non-hydrogen) atoms. The van der Waals surface area contributed by atoms with Crippen LogP contribution in [0.5, 0.6) is 0 Å². The number of rotatable bonds is 5. The minimum Gasteiger partial charge on any atom is -0.374 e. The molecule has 1 aliphatic rings. The summed E-state index contributed by atoms with van der Waals surface area (Å²) in [7, 11) is 1.64. The maximum atomic E-state index is 13.0. The zero-order chi connectivity index (χ0) is 22.9. The summed E-state index contributed by atoms with van der Waals surface area (Å²) in [6, 6.07) is 7.09. The SMILES string of the molecule is C#CC1(NC(=O)C(=O)c2c(C)c(C(=O)Nc3ccc(C)c(C#N)c3)n(C)c2C)COC1. The minimum atomic E-state index is -0.979. The number of ketones is 1. The maximum absolute atomic E-state index is 13.0. The van der Waals surface area contributed by atoms with E-state index in [1.165, 1.54) is 0 Å². The molecule has 3 rings (SSSR count). The summed E-state index contributed by atoms with van der Waals surface area (Å²) in [6.07, 6.45) is 5.45. The molecule has 2 heterocycles. The molecule has 1 aromatic heterocycles. The lowest BCUT2D eigenvalue weighted by molar-refractivity contribution is -0.124. The van der Waals surface area contributed by atoms with Crippen LogP contribution in [0.4, 0.5) is 5.69 Å². The van der Waals surface area contributed by atoms with Crippen LogP contribution in [-0.2, 0) is 16.6 Å². The first-order chi connectivity index (χ1) is 14.6. The second-order valence-electron chi connectivity index (χ2n) is 7.59. The highest BCUT2D eigenvalue weighted by molar-refractivity contribution is 6.44. The van der Waals surface area contributed by atoms with E-state index < -0.39 is 23.1 Å². The van der Waals surface area contributed by atoms with E-state index in [4.69, 9.17) is 11.2 Å². The number of carbonyl (C=O) groups excluding carboxylic acids is 3. The number of benzene rings is 1. The second kappa shape index (κ2) is 8.10. The van der Waals surface area contributed by atoms with Gasteiger partial charge in [-0.1, -0.05) is 12.0 Å². The Kier molecular flexibility index (Phi) is 5.70. The molecule has 1 saturated heterocycles. The highest BCUT2D eigenvalue weighted by Gasteiger charge is 2.40. The zero-order valence-corrected chi connectivity index (χ0v) is 17.8. The van der Waals surface area contributed by atoms with Crippen LogP contribution in [0, 0.1) is 44.4 Å². The van der Waals surface area contributed by atoms with Gasteiger partial charge in [0.25, 0.3) is 17.6 Å². The lowest BCUT2D eigenvalue weighted by Gasteiger charge is -2.37. The van der Waals surface area contributed by atoms with Gasteiger partial charge in [-0.25, -0.2) is 0 Å². The number of nitriles is 1. The van der Waals surface area contributed by atoms with Gasteiger partial charge in [-0.2, -0.15) is 5.26 Å². The Hall–Kier alpha value is -3.88. The quantitative estimate of drug-likeness (QED) is 0.437. The molecule has 0 aliphatic carbocycles. The van der Waals surface area contributed by atoms with Gasteiger partial charge in [-0.05, 0) is 44.0 Å². The summed E-state index contributed by atoms with van der Waals surface area (Å²) in [5.41, 5.74) is 1.98. The normalized spacial score (nSPS) is 14.0. The van der Waals surface area contributed by atoms with Crippen molar-refractivity contribution >= 4 is 23.3 Å². The Labute approximate surface area is 180 Å². The number of amides is 2. The van der Waals surface area contributed by atoms with Crippen LogP contribution < -0.4 is 10.6 Å². The molecule has 8 nitrogen and oxygen atoms in total. The van der Waals surface area contributed by atoms with Crippen LogP contribution >= 0.6 is 0 Å². The third-order valence-electron chi connectivity index (χ3n) is 5.52. The molecule has 158 valence electrons. The molecule has 0 radical (unpaired) electrons. The number of hydrogen-bond acceptors (Lipinski definition) is 5. The lowest BCUT2D eigenvalue weighted by Crippen LogP contribution is -2.62. The Morgan fingerprint density at radius 2 is 1.90 bits per heavy atom. The number of aryl methyl sites for hydroxylation is 1. The Morgan fingerprint density at radius 3 is 2.45 bits per heavy atom. The van der Waals surface area contributed by atoms with Crippen LogP contribution in [0.2, 0.25) is 0 Å². The molecule has 2 amide bonds. The second-order valence-corrected chi connectivity index (χ2v) is 7.59. The largest absolute Gasteiger partial charge is 0.374 e. The summed E-state index contributed by atoms with van der Waals surface area (Å²) < 4.78 is 6.62. The molecule has 0 saturated carbocycles. The third kappa shape index (κ3) is 3.81. The van der Waals surface area contributed by atoms with Crippen molar-refractivity contribution in [3.05, 3.63) is 51.8 Å². The fourth-order valence-electron chi connectivity index (χ4n) is 3.53. The molecule has 0 unspecified atom stereocenters. The van der Waals surface area contributed by atoms with E-state index in [2.05, 4.69) is 22.6 Å². The van der Waals surface area contributed by atoms with Gasteiger partial charge in [0.15, 0.2) is 0 Å². The Balaban J connectivity index is 1.89. The van der Waals surface area contributed by atoms with Crippen molar-refractivity contribution in [1.82, 2.24) is 9.88 Å². The predicted molar refractivity (Wildman–Crippen MR) is 114 cm³/mol. The molecular weight excluding hydrogens is 396 g/mol. The zero-order valence-electron chi connectivity index (χ0n) is 17.8. The van der Waals surface area contributed by atoms with Gasteiger partial charge < -0.3 is 19.9 Å². The molecule has 8 heteroatoms. The maximum Gasteiger partial charge on any atom is 0.293 e. The first-order valence-electron chi connectivity index (χ1n) is 9.54. The monoisotopic (exact) mass is 418 g/mol. The average Bonchev–Trinajstić information content (AvgIpc) is 2.93. The van der Waals surface area contributed by atoms with Gasteiger partial charge in [0, 0.05) is 18.4 Å². The topological polar surface area (TPSA) is 113 Å². The van der Waals surface area contributed by atoms with E-state index in [1.54, 1.807) is 50.6 Å². The summed E-state index contributed by atoms with van der Waals surface area (Å²) in [4.78, 5) is 38.4. The molecule has 1 aromatic carbocycles. The molecule has 1 fully saturated rings. The molecular formula is C23H22N4O4. The molecule has 2 N–H and O–H groups in total. The number of terminal acetylenes is 1. The van der Waals surface area contributed by atoms with Crippen LogP contribution in [0.15, 0.2) is 18.2 Å². The molecule has 1 aliphatic heterocycles. The Bertz CT molecular complexity index is 1190. The van der Waals surface area contributed by atoms with Crippen molar-refractivity contribution in [2.45, 2.75) is 26.3 Å². The third-order valence-corrected chi connectivity index (χ3v) is 5.52. The van der Waals surface area contributed by atoms with E-state index in [1.807, 2.05) is 0 Å². The summed E-state index contributed by atoms with van der Waals surface area (Å²) in [5.74, 6) is 0.384. The Morgan fingerprint density at radius 1 is 1.23 bits per heavy atom. The summed E-state index contributed by atoms with van der Waals surface area (Å²) in [5, 5.41) is 14.5. The highest BCUT2D eigenvalue weighted by atomic mass is 16.5. The van der Waals surface area contributed by atoms with Crippen LogP contribution in [0.1, 0.15) is 43.2 Å². The van der Waals surface area contributed by atoms with E-state index in [9.17, 15) is 19.6 Å². The first-order valence-corrected chi connectivity index (χ1v) is 9.54. The standard InChI is InChI=1S/C23H22N4O4/c1-6-23(11-31-12-23)26-22(30)20(28)18-14(3)19(27(5)15(18)4)21(29)25-17-8-7-13(2)16(9-17)10-24/h1,7-9H,11-12H2,2-5H3,(H,25,29)(H,26,30). The van der Waals surface area contributed by atoms with E-state index in [0.29, 0.717) is 22.5 Å². The van der Waals surface area contributed by atoms with Crippen molar-refractivity contribution < 1.29 is 19.1 Å². The summed E-state index contributed by atoms with van der Waals surface area (Å²) in [6.45, 7) is 5.36. The van der Waals surface area contributed by atoms with Crippen LogP contribution in [0.3, 0.4) is 0 Å². The number of ether oxygens (including phenoxy) is 1. The van der Waals surface area contributed by atoms with Crippen LogP contribution in [-0.4, -0.2) is 40.9 Å². The number of nitrogens with zero attached hydrogens (tertiary/aromatic N) is 2. The number of anilines is 1. The average molecular weight is 418 g/mol. The molecule has 0 bridgehead atoms. The number of hydrogen-bond donors (Lipinski definition) is 2. The van der Waals surface area contributed by atoms with Gasteiger partial charge in [-0.15, -0.1) is 6.42 Å². The van der Waals surface area contributed by atoms with E-state index >= 15 is 0 Å². The van der Waals surface area contributed by atoms with Crippen LogP contribution in [0.25, 0.3) is 0 Å². The van der Waals surface area contributed by atoms with Gasteiger partial charge in [0.2, 0.25) is 0 Å². The van der Waals surface area contributed by atoms with Gasteiger partial charge in [0.1, 0.15) is 11.2 Å². The van der Waals surface area contributed by atoms with Gasteiger partial charge in [0.05, 0.1) is 30.4 Å².